The Morgan fingerprint density at radius 2 is 2.00 bits per heavy atom. The van der Waals surface area contributed by atoms with E-state index in [1.54, 1.807) is 42.7 Å². The van der Waals surface area contributed by atoms with Crippen LogP contribution < -0.4 is 10.6 Å². The highest BCUT2D eigenvalue weighted by molar-refractivity contribution is 6.04. The molecule has 0 fully saturated rings. The Kier molecular flexibility index (Phi) is 6.11. The summed E-state index contributed by atoms with van der Waals surface area (Å²) in [7, 11) is 0. The number of amides is 2. The van der Waals surface area contributed by atoms with E-state index in [9.17, 15) is 9.59 Å². The molecule has 2 aromatic heterocycles. The minimum atomic E-state index is -0.346. The van der Waals surface area contributed by atoms with Gasteiger partial charge in [0.1, 0.15) is 0 Å². The van der Waals surface area contributed by atoms with E-state index in [-0.39, 0.29) is 30.2 Å². The van der Waals surface area contributed by atoms with Gasteiger partial charge in [0.25, 0.3) is 5.91 Å². The number of hydrogen-bond donors (Lipinski definition) is 2. The number of nitrogens with one attached hydrogen (secondary N) is 2. The third-order valence-corrected chi connectivity index (χ3v) is 4.28. The maximum absolute atomic E-state index is 12.6. The first-order chi connectivity index (χ1) is 13.6. The first kappa shape index (κ1) is 19.2. The van der Waals surface area contributed by atoms with Crippen LogP contribution in [-0.4, -0.2) is 26.9 Å². The van der Waals surface area contributed by atoms with E-state index >= 15 is 0 Å². The van der Waals surface area contributed by atoms with Crippen LogP contribution in [0.4, 0.5) is 5.69 Å². The standard InChI is InChI=1S/C20H21N5O3/c1-3-13(2)19(26)23-16-9-5-4-8-15(16)20(27)22-12-17-24-18(25-28-17)14-7-6-10-21-11-14/h4-11,13H,3,12H2,1-2H3,(H,22,27)(H,23,26). The Morgan fingerprint density at radius 3 is 2.75 bits per heavy atom. The van der Waals surface area contributed by atoms with Gasteiger partial charge in [0.15, 0.2) is 0 Å². The smallest absolute Gasteiger partial charge is 0.253 e. The summed E-state index contributed by atoms with van der Waals surface area (Å²) in [5, 5.41) is 9.43. The zero-order valence-corrected chi connectivity index (χ0v) is 15.7. The molecule has 2 N–H and O–H groups in total. The molecular weight excluding hydrogens is 358 g/mol. The summed E-state index contributed by atoms with van der Waals surface area (Å²) < 4.78 is 5.17. The molecule has 3 aromatic rings. The molecule has 3 rings (SSSR count). The fourth-order valence-electron chi connectivity index (χ4n) is 2.42. The fraction of sp³-hybridized carbons (Fsp3) is 0.250. The average Bonchev–Trinajstić information content (AvgIpc) is 3.21. The van der Waals surface area contributed by atoms with E-state index in [0.29, 0.717) is 17.1 Å². The number of hydrogen-bond acceptors (Lipinski definition) is 6. The minimum absolute atomic E-state index is 0.0692. The maximum Gasteiger partial charge on any atom is 0.253 e. The van der Waals surface area contributed by atoms with Crippen molar-refractivity contribution in [3.8, 4) is 11.4 Å². The molecule has 0 aliphatic rings. The highest BCUT2D eigenvalue weighted by Crippen LogP contribution is 2.17. The Morgan fingerprint density at radius 1 is 1.18 bits per heavy atom. The van der Waals surface area contributed by atoms with Crippen molar-refractivity contribution in [2.75, 3.05) is 5.32 Å². The number of rotatable bonds is 7. The van der Waals surface area contributed by atoms with E-state index in [2.05, 4.69) is 25.8 Å². The minimum Gasteiger partial charge on any atom is -0.343 e. The molecular formula is C20H21N5O3. The predicted octanol–water partition coefficient (Wildman–Crippen LogP) is 3.05. The summed E-state index contributed by atoms with van der Waals surface area (Å²) in [6.07, 6.45) is 4.00. The molecule has 144 valence electrons. The van der Waals surface area contributed by atoms with Gasteiger partial charge >= 0.3 is 0 Å². The lowest BCUT2D eigenvalue weighted by Gasteiger charge is -2.13. The third-order valence-electron chi connectivity index (χ3n) is 4.28. The van der Waals surface area contributed by atoms with E-state index in [0.717, 1.165) is 12.0 Å². The summed E-state index contributed by atoms with van der Waals surface area (Å²) in [5.41, 5.74) is 1.56. The van der Waals surface area contributed by atoms with Gasteiger partial charge in [-0.05, 0) is 30.7 Å². The quantitative estimate of drug-likeness (QED) is 0.653. The normalized spacial score (nSPS) is 11.6. The number of anilines is 1. The van der Waals surface area contributed by atoms with Gasteiger partial charge in [0, 0.05) is 23.9 Å². The molecule has 1 aromatic carbocycles. The molecule has 8 heteroatoms. The summed E-state index contributed by atoms with van der Waals surface area (Å²) in [5.74, 6) is 0.0641. The monoisotopic (exact) mass is 379 g/mol. The van der Waals surface area contributed by atoms with Gasteiger partial charge in [-0.15, -0.1) is 0 Å². The number of aromatic nitrogens is 3. The van der Waals surface area contributed by atoms with Crippen molar-refractivity contribution < 1.29 is 14.1 Å². The molecule has 0 aliphatic heterocycles. The van der Waals surface area contributed by atoms with Gasteiger partial charge in [0.2, 0.25) is 17.6 Å². The Balaban J connectivity index is 1.66. The lowest BCUT2D eigenvalue weighted by molar-refractivity contribution is -0.119. The molecule has 1 atom stereocenters. The zero-order valence-electron chi connectivity index (χ0n) is 15.7. The fourth-order valence-corrected chi connectivity index (χ4v) is 2.42. The van der Waals surface area contributed by atoms with Crippen molar-refractivity contribution in [1.29, 1.82) is 0 Å². The highest BCUT2D eigenvalue weighted by Gasteiger charge is 2.17. The van der Waals surface area contributed by atoms with Crippen LogP contribution in [0.1, 0.15) is 36.5 Å². The second kappa shape index (κ2) is 8.90. The zero-order chi connectivity index (χ0) is 19.9. The van der Waals surface area contributed by atoms with Crippen LogP contribution >= 0.6 is 0 Å². The number of pyridine rings is 1. The molecule has 1 unspecified atom stereocenters. The van der Waals surface area contributed by atoms with E-state index in [4.69, 9.17) is 4.52 Å². The van der Waals surface area contributed by atoms with Crippen LogP contribution in [-0.2, 0) is 11.3 Å². The highest BCUT2D eigenvalue weighted by atomic mass is 16.5. The first-order valence-corrected chi connectivity index (χ1v) is 8.99. The molecule has 0 aliphatic carbocycles. The van der Waals surface area contributed by atoms with Crippen LogP contribution in [0.15, 0.2) is 53.3 Å². The second-order valence-corrected chi connectivity index (χ2v) is 6.28. The van der Waals surface area contributed by atoms with Crippen molar-refractivity contribution in [2.24, 2.45) is 5.92 Å². The van der Waals surface area contributed by atoms with Crippen LogP contribution in [0.5, 0.6) is 0 Å². The third kappa shape index (κ3) is 4.59. The largest absolute Gasteiger partial charge is 0.343 e. The van der Waals surface area contributed by atoms with Crippen molar-refractivity contribution in [1.82, 2.24) is 20.4 Å². The van der Waals surface area contributed by atoms with E-state index < -0.39 is 0 Å². The van der Waals surface area contributed by atoms with Gasteiger partial charge in [-0.1, -0.05) is 31.1 Å². The molecule has 0 radical (unpaired) electrons. The van der Waals surface area contributed by atoms with Gasteiger partial charge in [-0.25, -0.2) is 0 Å². The molecule has 2 heterocycles. The number of para-hydroxylation sites is 1. The molecule has 0 bridgehead atoms. The topological polar surface area (TPSA) is 110 Å². The Labute approximate surface area is 162 Å². The average molecular weight is 379 g/mol. The lowest BCUT2D eigenvalue weighted by Crippen LogP contribution is -2.26. The molecule has 2 amide bonds. The van der Waals surface area contributed by atoms with Gasteiger partial charge in [-0.2, -0.15) is 4.98 Å². The van der Waals surface area contributed by atoms with E-state index in [1.165, 1.54) is 0 Å². The van der Waals surface area contributed by atoms with Gasteiger partial charge in [-0.3, -0.25) is 14.6 Å². The molecule has 0 saturated carbocycles. The predicted molar refractivity (Wildman–Crippen MR) is 103 cm³/mol. The van der Waals surface area contributed by atoms with Crippen LogP contribution in [0.25, 0.3) is 11.4 Å². The molecule has 0 saturated heterocycles. The second-order valence-electron chi connectivity index (χ2n) is 6.28. The van der Waals surface area contributed by atoms with Crippen molar-refractivity contribution in [3.63, 3.8) is 0 Å². The Hall–Kier alpha value is -3.55. The molecule has 8 nitrogen and oxygen atoms in total. The van der Waals surface area contributed by atoms with E-state index in [1.807, 2.05) is 19.9 Å². The van der Waals surface area contributed by atoms with Crippen molar-refractivity contribution in [3.05, 3.63) is 60.2 Å². The summed E-state index contributed by atoms with van der Waals surface area (Å²) >= 11 is 0. The lowest BCUT2D eigenvalue weighted by atomic mass is 10.1. The number of nitrogens with zero attached hydrogens (tertiary/aromatic N) is 3. The molecule has 0 spiro atoms. The Bertz CT molecular complexity index is 955. The van der Waals surface area contributed by atoms with Crippen molar-refractivity contribution in [2.45, 2.75) is 26.8 Å². The summed E-state index contributed by atoms with van der Waals surface area (Å²) in [6, 6.07) is 10.4. The van der Waals surface area contributed by atoms with Gasteiger partial charge in [0.05, 0.1) is 17.8 Å². The van der Waals surface area contributed by atoms with Crippen LogP contribution in [0, 0.1) is 5.92 Å². The number of carbonyl (C=O) groups is 2. The first-order valence-electron chi connectivity index (χ1n) is 8.99. The van der Waals surface area contributed by atoms with Crippen molar-refractivity contribution >= 4 is 17.5 Å². The number of carbonyl (C=O) groups excluding carboxylic acids is 2. The number of benzene rings is 1. The van der Waals surface area contributed by atoms with Gasteiger partial charge < -0.3 is 15.2 Å². The summed E-state index contributed by atoms with van der Waals surface area (Å²) in [4.78, 5) is 33.0. The maximum atomic E-state index is 12.6. The SMILES string of the molecule is CCC(C)C(=O)Nc1ccccc1C(=O)NCc1nc(-c2cccnc2)no1. The van der Waals surface area contributed by atoms with Crippen LogP contribution in [0.3, 0.4) is 0 Å². The van der Waals surface area contributed by atoms with Crippen LogP contribution in [0.2, 0.25) is 0 Å². The molecule has 28 heavy (non-hydrogen) atoms. The summed E-state index contributed by atoms with van der Waals surface area (Å²) in [6.45, 7) is 3.85.